The van der Waals surface area contributed by atoms with Crippen LogP contribution in [0.3, 0.4) is 0 Å². The summed E-state index contributed by atoms with van der Waals surface area (Å²) in [4.78, 5) is 0. The summed E-state index contributed by atoms with van der Waals surface area (Å²) in [5.41, 5.74) is 3.65. The standard InChI is InChI=1S/C16H22BrN3/c1-12(2)18-8-4-5-14-10-19-20(11-14)16-7-6-15(17)9-13(16)3/h6-7,9-12,18H,4-5,8H2,1-3H3. The molecule has 0 aliphatic rings. The highest BCUT2D eigenvalue weighted by molar-refractivity contribution is 9.10. The van der Waals surface area contributed by atoms with Gasteiger partial charge >= 0.3 is 0 Å². The lowest BCUT2D eigenvalue weighted by Gasteiger charge is -2.07. The smallest absolute Gasteiger partial charge is 0.0675 e. The third-order valence-corrected chi connectivity index (χ3v) is 3.73. The first kappa shape index (κ1) is 15.3. The first-order valence-electron chi connectivity index (χ1n) is 7.09. The van der Waals surface area contributed by atoms with E-state index in [1.807, 2.05) is 10.9 Å². The van der Waals surface area contributed by atoms with Crippen molar-refractivity contribution < 1.29 is 0 Å². The maximum atomic E-state index is 4.47. The van der Waals surface area contributed by atoms with Gasteiger partial charge in [0.25, 0.3) is 0 Å². The molecule has 0 saturated heterocycles. The van der Waals surface area contributed by atoms with Gasteiger partial charge in [-0.15, -0.1) is 0 Å². The van der Waals surface area contributed by atoms with Crippen LogP contribution in [-0.4, -0.2) is 22.4 Å². The third kappa shape index (κ3) is 4.18. The van der Waals surface area contributed by atoms with Gasteiger partial charge in [0.1, 0.15) is 0 Å². The molecule has 1 heterocycles. The zero-order chi connectivity index (χ0) is 14.5. The molecule has 108 valence electrons. The fourth-order valence-corrected chi connectivity index (χ4v) is 2.66. The Bertz CT molecular complexity index is 561. The first-order chi connectivity index (χ1) is 9.56. The fraction of sp³-hybridized carbons (Fsp3) is 0.438. The maximum absolute atomic E-state index is 4.47. The Morgan fingerprint density at radius 2 is 2.15 bits per heavy atom. The van der Waals surface area contributed by atoms with E-state index in [1.54, 1.807) is 0 Å². The summed E-state index contributed by atoms with van der Waals surface area (Å²) in [6.45, 7) is 7.51. The molecule has 2 aromatic rings. The van der Waals surface area contributed by atoms with E-state index < -0.39 is 0 Å². The predicted molar refractivity (Wildman–Crippen MR) is 87.5 cm³/mol. The number of nitrogens with zero attached hydrogens (tertiary/aromatic N) is 2. The second kappa shape index (κ2) is 7.04. The van der Waals surface area contributed by atoms with E-state index in [0.29, 0.717) is 6.04 Å². The lowest BCUT2D eigenvalue weighted by atomic mass is 10.2. The molecule has 0 amide bonds. The van der Waals surface area contributed by atoms with Gasteiger partial charge in [-0.25, -0.2) is 4.68 Å². The van der Waals surface area contributed by atoms with Gasteiger partial charge in [-0.2, -0.15) is 5.10 Å². The second-order valence-electron chi connectivity index (χ2n) is 5.44. The molecule has 0 unspecified atom stereocenters. The summed E-state index contributed by atoms with van der Waals surface area (Å²) in [5.74, 6) is 0. The molecule has 0 atom stereocenters. The molecule has 0 aliphatic carbocycles. The van der Waals surface area contributed by atoms with E-state index >= 15 is 0 Å². The average molecular weight is 336 g/mol. The highest BCUT2D eigenvalue weighted by Gasteiger charge is 2.04. The summed E-state index contributed by atoms with van der Waals surface area (Å²) in [7, 11) is 0. The molecule has 0 spiro atoms. The number of nitrogens with one attached hydrogen (secondary N) is 1. The van der Waals surface area contributed by atoms with E-state index in [9.17, 15) is 0 Å². The van der Waals surface area contributed by atoms with Gasteiger partial charge in [0.15, 0.2) is 0 Å². The first-order valence-corrected chi connectivity index (χ1v) is 7.89. The van der Waals surface area contributed by atoms with E-state index in [1.165, 1.54) is 11.1 Å². The van der Waals surface area contributed by atoms with Crippen LogP contribution in [0.5, 0.6) is 0 Å². The summed E-state index contributed by atoms with van der Waals surface area (Å²) in [6.07, 6.45) is 6.31. The summed E-state index contributed by atoms with van der Waals surface area (Å²) >= 11 is 3.49. The van der Waals surface area contributed by atoms with Crippen LogP contribution in [0, 0.1) is 6.92 Å². The number of hydrogen-bond acceptors (Lipinski definition) is 2. The van der Waals surface area contributed by atoms with Crippen molar-refractivity contribution in [1.82, 2.24) is 15.1 Å². The minimum Gasteiger partial charge on any atom is -0.315 e. The number of rotatable bonds is 6. The third-order valence-electron chi connectivity index (χ3n) is 3.24. The summed E-state index contributed by atoms with van der Waals surface area (Å²) < 4.78 is 3.07. The van der Waals surface area contributed by atoms with E-state index in [4.69, 9.17) is 0 Å². The van der Waals surface area contributed by atoms with Crippen LogP contribution in [0.1, 0.15) is 31.4 Å². The Hall–Kier alpha value is -1.13. The number of hydrogen-bond donors (Lipinski definition) is 1. The molecule has 1 aromatic carbocycles. The number of aryl methyl sites for hydroxylation is 2. The highest BCUT2D eigenvalue weighted by Crippen LogP contribution is 2.19. The van der Waals surface area contributed by atoms with Gasteiger partial charge < -0.3 is 5.32 Å². The van der Waals surface area contributed by atoms with Gasteiger partial charge in [-0.3, -0.25) is 0 Å². The van der Waals surface area contributed by atoms with E-state index in [0.717, 1.165) is 29.5 Å². The van der Waals surface area contributed by atoms with Gasteiger partial charge in [0, 0.05) is 16.7 Å². The van der Waals surface area contributed by atoms with Crippen molar-refractivity contribution in [3.63, 3.8) is 0 Å². The Morgan fingerprint density at radius 3 is 2.85 bits per heavy atom. The maximum Gasteiger partial charge on any atom is 0.0675 e. The largest absolute Gasteiger partial charge is 0.315 e. The fourth-order valence-electron chi connectivity index (χ4n) is 2.18. The number of benzene rings is 1. The second-order valence-corrected chi connectivity index (χ2v) is 6.35. The molecule has 2 rings (SSSR count). The van der Waals surface area contributed by atoms with Crippen molar-refractivity contribution in [3.8, 4) is 5.69 Å². The minimum atomic E-state index is 0.558. The molecule has 0 aliphatic heterocycles. The van der Waals surface area contributed by atoms with Crippen molar-refractivity contribution in [2.24, 2.45) is 0 Å². The molecule has 3 nitrogen and oxygen atoms in total. The van der Waals surface area contributed by atoms with Crippen LogP contribution in [0.4, 0.5) is 0 Å². The van der Waals surface area contributed by atoms with E-state index in [2.05, 4.69) is 71.5 Å². The van der Waals surface area contributed by atoms with Crippen molar-refractivity contribution in [2.45, 2.75) is 39.7 Å². The molecular weight excluding hydrogens is 314 g/mol. The predicted octanol–water partition coefficient (Wildman–Crippen LogP) is 3.87. The Morgan fingerprint density at radius 1 is 1.35 bits per heavy atom. The topological polar surface area (TPSA) is 29.9 Å². The SMILES string of the molecule is Cc1cc(Br)ccc1-n1cc(CCCNC(C)C)cn1. The Balaban J connectivity index is 1.98. The number of halogens is 1. The van der Waals surface area contributed by atoms with E-state index in [-0.39, 0.29) is 0 Å². The average Bonchev–Trinajstić information content (AvgIpc) is 2.83. The highest BCUT2D eigenvalue weighted by atomic mass is 79.9. The van der Waals surface area contributed by atoms with Crippen LogP contribution in [0.2, 0.25) is 0 Å². The van der Waals surface area contributed by atoms with Crippen molar-refractivity contribution >= 4 is 15.9 Å². The molecule has 20 heavy (non-hydrogen) atoms. The monoisotopic (exact) mass is 335 g/mol. The lowest BCUT2D eigenvalue weighted by Crippen LogP contribution is -2.23. The zero-order valence-electron chi connectivity index (χ0n) is 12.4. The van der Waals surface area contributed by atoms with Crippen LogP contribution in [0.15, 0.2) is 35.1 Å². The van der Waals surface area contributed by atoms with Crippen LogP contribution >= 0.6 is 15.9 Å². The van der Waals surface area contributed by atoms with Crippen LogP contribution < -0.4 is 5.32 Å². The molecule has 0 fully saturated rings. The Kier molecular flexibility index (Phi) is 5.38. The summed E-state index contributed by atoms with van der Waals surface area (Å²) in [5, 5.41) is 7.91. The van der Waals surface area contributed by atoms with Crippen LogP contribution in [-0.2, 0) is 6.42 Å². The van der Waals surface area contributed by atoms with Gasteiger partial charge in [-0.05, 0) is 55.6 Å². The molecule has 0 bridgehead atoms. The molecule has 4 heteroatoms. The minimum absolute atomic E-state index is 0.558. The van der Waals surface area contributed by atoms with Crippen molar-refractivity contribution in [1.29, 1.82) is 0 Å². The molecular formula is C16H22BrN3. The molecule has 1 N–H and O–H groups in total. The molecule has 1 aromatic heterocycles. The molecule has 0 radical (unpaired) electrons. The van der Waals surface area contributed by atoms with Crippen molar-refractivity contribution in [2.75, 3.05) is 6.54 Å². The zero-order valence-corrected chi connectivity index (χ0v) is 13.9. The van der Waals surface area contributed by atoms with Gasteiger partial charge in [-0.1, -0.05) is 29.8 Å². The Labute approximate surface area is 129 Å². The van der Waals surface area contributed by atoms with Crippen molar-refractivity contribution in [3.05, 3.63) is 46.2 Å². The molecule has 0 saturated carbocycles. The summed E-state index contributed by atoms with van der Waals surface area (Å²) in [6, 6.07) is 6.82. The normalized spacial score (nSPS) is 11.2. The van der Waals surface area contributed by atoms with Gasteiger partial charge in [0.2, 0.25) is 0 Å². The quantitative estimate of drug-likeness (QED) is 0.812. The number of aromatic nitrogens is 2. The van der Waals surface area contributed by atoms with Crippen LogP contribution in [0.25, 0.3) is 5.69 Å². The lowest BCUT2D eigenvalue weighted by molar-refractivity contribution is 0.570. The van der Waals surface area contributed by atoms with Gasteiger partial charge in [0.05, 0.1) is 11.9 Å².